The summed E-state index contributed by atoms with van der Waals surface area (Å²) in [6.07, 6.45) is -4.18. The van der Waals surface area contributed by atoms with Gasteiger partial charge in [-0.05, 0) is 73.1 Å². The van der Waals surface area contributed by atoms with Crippen molar-refractivity contribution in [1.29, 1.82) is 0 Å². The highest BCUT2D eigenvalue weighted by atomic mass is 19.4. The zero-order chi connectivity index (χ0) is 26.4. The number of para-hydroxylation sites is 1. The van der Waals surface area contributed by atoms with Crippen molar-refractivity contribution in [3.8, 4) is 0 Å². The predicted octanol–water partition coefficient (Wildman–Crippen LogP) is 7.25. The normalized spacial score (nSPS) is 16.6. The molecule has 1 aromatic heterocycles. The molecule has 0 saturated heterocycles. The van der Waals surface area contributed by atoms with Crippen molar-refractivity contribution < 1.29 is 26.3 Å². The zero-order valence-corrected chi connectivity index (χ0v) is 20.5. The van der Waals surface area contributed by atoms with Gasteiger partial charge in [-0.15, -0.1) is 0 Å². The minimum atomic E-state index is -4.86. The Morgan fingerprint density at radius 1 is 0.838 bits per heavy atom. The molecular weight excluding hydrogens is 492 g/mol. The molecule has 9 heteroatoms. The summed E-state index contributed by atoms with van der Waals surface area (Å²) in [4.78, 5) is 7.55. The van der Waals surface area contributed by atoms with E-state index in [1.807, 2.05) is 12.1 Å². The van der Waals surface area contributed by atoms with Gasteiger partial charge in [-0.25, -0.2) is 0 Å². The van der Waals surface area contributed by atoms with Gasteiger partial charge in [0.2, 0.25) is 0 Å². The molecule has 3 aromatic rings. The number of aryl methyl sites for hydroxylation is 1. The topological polar surface area (TPSA) is 28.2 Å². The Labute approximate surface area is 211 Å². The van der Waals surface area contributed by atoms with Gasteiger partial charge in [-0.2, -0.15) is 26.3 Å². The molecule has 2 aliphatic carbocycles. The fourth-order valence-corrected chi connectivity index (χ4v) is 4.92. The lowest BCUT2D eigenvalue weighted by Crippen LogP contribution is -2.29. The predicted molar refractivity (Wildman–Crippen MR) is 130 cm³/mol. The number of hydrogen-bond donors (Lipinski definition) is 1. The third-order valence-electron chi connectivity index (χ3n) is 7.14. The van der Waals surface area contributed by atoms with Crippen LogP contribution in [0.25, 0.3) is 10.9 Å². The number of halogens is 6. The number of alkyl halides is 6. The molecule has 0 atom stereocenters. The van der Waals surface area contributed by atoms with Crippen LogP contribution < -0.4 is 5.32 Å². The van der Waals surface area contributed by atoms with Gasteiger partial charge < -0.3 is 5.32 Å². The fraction of sp³-hybridized carbons (Fsp3) is 0.464. The smallest absolute Gasteiger partial charge is 0.309 e. The molecule has 2 aromatic carbocycles. The maximum absolute atomic E-state index is 13.2. The van der Waals surface area contributed by atoms with Crippen LogP contribution >= 0.6 is 0 Å². The van der Waals surface area contributed by atoms with E-state index in [0.717, 1.165) is 46.3 Å². The number of nitrogens with one attached hydrogen (secondary N) is 1. The van der Waals surface area contributed by atoms with Crippen LogP contribution in [0, 0.1) is 0 Å². The summed E-state index contributed by atoms with van der Waals surface area (Å²) in [5, 5.41) is 4.05. The van der Waals surface area contributed by atoms with Crippen LogP contribution in [0.5, 0.6) is 0 Å². The van der Waals surface area contributed by atoms with Crippen LogP contribution in [-0.4, -0.2) is 22.0 Å². The maximum atomic E-state index is 13.2. The average molecular weight is 522 g/mol. The highest BCUT2D eigenvalue weighted by Crippen LogP contribution is 2.39. The van der Waals surface area contributed by atoms with Crippen LogP contribution in [0.1, 0.15) is 66.1 Å². The molecule has 0 radical (unpaired) electrons. The van der Waals surface area contributed by atoms with Gasteiger partial charge in [0.1, 0.15) is 0 Å². The molecule has 0 unspecified atom stereocenters. The van der Waals surface area contributed by atoms with Crippen molar-refractivity contribution in [2.24, 2.45) is 0 Å². The van der Waals surface area contributed by atoms with Gasteiger partial charge in [-0.3, -0.25) is 9.88 Å². The van der Waals surface area contributed by atoms with E-state index in [1.54, 1.807) is 0 Å². The zero-order valence-electron chi connectivity index (χ0n) is 20.5. The molecule has 2 saturated carbocycles. The molecule has 0 bridgehead atoms. The van der Waals surface area contributed by atoms with Crippen LogP contribution in [0.2, 0.25) is 0 Å². The number of benzene rings is 2. The van der Waals surface area contributed by atoms with E-state index in [-0.39, 0.29) is 24.7 Å². The summed E-state index contributed by atoms with van der Waals surface area (Å²) >= 11 is 0. The van der Waals surface area contributed by atoms with Crippen LogP contribution in [0.4, 0.5) is 26.3 Å². The quantitative estimate of drug-likeness (QED) is 0.301. The molecule has 1 N–H and O–H groups in total. The molecule has 37 heavy (non-hydrogen) atoms. The Balaban J connectivity index is 1.41. The van der Waals surface area contributed by atoms with Crippen molar-refractivity contribution >= 4 is 10.9 Å². The second-order valence-corrected chi connectivity index (χ2v) is 10.1. The SMILES string of the molecule is CCc1cccc2cc(CNCc3cc(C(F)(F)F)cc(C(F)(F)F)c3)c(CN(C3CC3)C3CC3)nc12. The summed E-state index contributed by atoms with van der Waals surface area (Å²) in [6, 6.07) is 10.9. The number of nitrogens with zero attached hydrogens (tertiary/aromatic N) is 2. The number of rotatable bonds is 9. The van der Waals surface area contributed by atoms with Gasteiger partial charge >= 0.3 is 12.4 Å². The van der Waals surface area contributed by atoms with Crippen molar-refractivity contribution in [2.75, 3.05) is 0 Å². The summed E-state index contributed by atoms with van der Waals surface area (Å²) in [7, 11) is 0. The van der Waals surface area contributed by atoms with E-state index >= 15 is 0 Å². The summed E-state index contributed by atoms with van der Waals surface area (Å²) in [6.45, 7) is 2.93. The molecule has 198 valence electrons. The monoisotopic (exact) mass is 521 g/mol. The lowest BCUT2D eigenvalue weighted by molar-refractivity contribution is -0.143. The van der Waals surface area contributed by atoms with E-state index in [2.05, 4.69) is 29.3 Å². The van der Waals surface area contributed by atoms with Crippen molar-refractivity contribution in [2.45, 2.75) is 83.1 Å². The minimum Gasteiger partial charge on any atom is -0.309 e. The van der Waals surface area contributed by atoms with E-state index in [1.165, 1.54) is 25.7 Å². The summed E-state index contributed by atoms with van der Waals surface area (Å²) in [5.74, 6) is 0. The van der Waals surface area contributed by atoms with E-state index < -0.39 is 23.5 Å². The highest BCUT2D eigenvalue weighted by molar-refractivity contribution is 5.82. The molecule has 0 aliphatic heterocycles. The van der Waals surface area contributed by atoms with Gasteiger partial charge in [0.25, 0.3) is 0 Å². The van der Waals surface area contributed by atoms with Crippen molar-refractivity contribution in [3.05, 3.63) is 76.0 Å². The van der Waals surface area contributed by atoms with Crippen molar-refractivity contribution in [1.82, 2.24) is 15.2 Å². The van der Waals surface area contributed by atoms with Crippen LogP contribution in [0.3, 0.4) is 0 Å². The first-order valence-corrected chi connectivity index (χ1v) is 12.7. The Kier molecular flexibility index (Phi) is 6.96. The maximum Gasteiger partial charge on any atom is 0.416 e. The van der Waals surface area contributed by atoms with Gasteiger partial charge in [-0.1, -0.05) is 25.1 Å². The number of pyridine rings is 1. The third kappa shape index (κ3) is 6.09. The van der Waals surface area contributed by atoms with Gasteiger partial charge in [0.15, 0.2) is 0 Å². The number of aromatic nitrogens is 1. The number of hydrogen-bond acceptors (Lipinski definition) is 3. The van der Waals surface area contributed by atoms with Crippen LogP contribution in [-0.2, 0) is 38.4 Å². The average Bonchev–Trinajstić information content (AvgIpc) is 3.75. The second kappa shape index (κ2) is 9.91. The molecule has 1 heterocycles. The highest BCUT2D eigenvalue weighted by Gasteiger charge is 2.39. The molecular formula is C28H29F6N3. The van der Waals surface area contributed by atoms with E-state index in [0.29, 0.717) is 18.6 Å². The lowest BCUT2D eigenvalue weighted by Gasteiger charge is -2.23. The standard InChI is InChI=1S/C28H29F6N3/c1-2-18-4-3-5-19-12-20(25(36-26(18)19)16-37(23-6-7-23)24-8-9-24)15-35-14-17-10-21(27(29,30)31)13-22(11-17)28(32,33)34/h3-5,10-13,23-24,35H,2,6-9,14-16H2,1H3. The summed E-state index contributed by atoms with van der Waals surface area (Å²) in [5.41, 5.74) is 1.25. The first-order chi connectivity index (χ1) is 17.5. The second-order valence-electron chi connectivity index (χ2n) is 10.1. The first-order valence-electron chi connectivity index (χ1n) is 12.7. The first kappa shape index (κ1) is 26.0. The fourth-order valence-electron chi connectivity index (χ4n) is 4.92. The molecule has 5 rings (SSSR count). The third-order valence-corrected chi connectivity index (χ3v) is 7.14. The Bertz CT molecular complexity index is 1230. The van der Waals surface area contributed by atoms with Gasteiger partial charge in [0, 0.05) is 37.1 Å². The Morgan fingerprint density at radius 3 is 2.00 bits per heavy atom. The molecule has 2 fully saturated rings. The van der Waals surface area contributed by atoms with Crippen LogP contribution in [0.15, 0.2) is 42.5 Å². The molecule has 0 amide bonds. The molecule has 3 nitrogen and oxygen atoms in total. The molecule has 0 spiro atoms. The summed E-state index contributed by atoms with van der Waals surface area (Å²) < 4.78 is 79.5. The Morgan fingerprint density at radius 2 is 1.46 bits per heavy atom. The van der Waals surface area contributed by atoms with Crippen molar-refractivity contribution in [3.63, 3.8) is 0 Å². The lowest BCUT2D eigenvalue weighted by atomic mass is 10.0. The largest absolute Gasteiger partial charge is 0.416 e. The van der Waals surface area contributed by atoms with E-state index in [9.17, 15) is 26.3 Å². The Hall–Kier alpha value is -2.65. The minimum absolute atomic E-state index is 0.0664. The van der Waals surface area contributed by atoms with E-state index in [4.69, 9.17) is 4.98 Å². The number of fused-ring (bicyclic) bond motifs is 1. The van der Waals surface area contributed by atoms with Gasteiger partial charge in [0.05, 0.1) is 22.3 Å². The molecule has 2 aliphatic rings.